The highest BCUT2D eigenvalue weighted by atomic mass is 32.2. The van der Waals surface area contributed by atoms with Crippen LogP contribution in [0.1, 0.15) is 38.1 Å². The molecular formula is C18H21F2N3OS. The van der Waals surface area contributed by atoms with E-state index in [-0.39, 0.29) is 17.2 Å². The lowest BCUT2D eigenvalue weighted by Gasteiger charge is -2.36. The van der Waals surface area contributed by atoms with Crippen LogP contribution in [0, 0.1) is 11.6 Å². The maximum atomic E-state index is 13.5. The zero-order valence-electron chi connectivity index (χ0n) is 14.3. The summed E-state index contributed by atoms with van der Waals surface area (Å²) < 4.78 is 26.6. The summed E-state index contributed by atoms with van der Waals surface area (Å²) in [5.41, 5.74) is 1.15. The molecule has 1 saturated heterocycles. The second-order valence-electron chi connectivity index (χ2n) is 6.23. The first kappa shape index (κ1) is 17.9. The summed E-state index contributed by atoms with van der Waals surface area (Å²) in [6, 6.07) is 3.65. The van der Waals surface area contributed by atoms with Crippen molar-refractivity contribution in [2.75, 3.05) is 12.8 Å². The summed E-state index contributed by atoms with van der Waals surface area (Å²) in [4.78, 5) is 22.1. The Morgan fingerprint density at radius 1 is 1.36 bits per heavy atom. The van der Waals surface area contributed by atoms with E-state index in [9.17, 15) is 13.6 Å². The van der Waals surface area contributed by atoms with E-state index in [1.807, 2.05) is 18.1 Å². The molecule has 2 unspecified atom stereocenters. The third-order valence-electron chi connectivity index (χ3n) is 4.63. The standard InChI is InChI=1S/C18H21F2N3OS/c1-11(25-2)18(24)23-8-4-3-5-16(23)17-21-10-15(22-17)12-6-7-13(19)14(20)9-12/h6-7,9-11,16H,3-5,8H2,1-2H3,(H,21,22). The summed E-state index contributed by atoms with van der Waals surface area (Å²) >= 11 is 1.53. The average molecular weight is 365 g/mol. The zero-order chi connectivity index (χ0) is 18.0. The summed E-state index contributed by atoms with van der Waals surface area (Å²) in [5, 5.41) is -0.0961. The molecule has 2 aromatic rings. The molecular weight excluding hydrogens is 344 g/mol. The second kappa shape index (κ2) is 7.56. The molecule has 1 fully saturated rings. The van der Waals surface area contributed by atoms with Crippen molar-refractivity contribution in [2.45, 2.75) is 37.5 Å². The lowest BCUT2D eigenvalue weighted by atomic mass is 10.0. The number of rotatable bonds is 4. The molecule has 0 bridgehead atoms. The largest absolute Gasteiger partial charge is 0.340 e. The molecule has 1 aromatic carbocycles. The van der Waals surface area contributed by atoms with Crippen molar-refractivity contribution in [1.29, 1.82) is 0 Å². The Hall–Kier alpha value is -1.89. The number of nitrogens with one attached hydrogen (secondary N) is 1. The number of likely N-dealkylation sites (tertiary alicyclic amines) is 1. The maximum Gasteiger partial charge on any atom is 0.236 e. The number of amides is 1. The monoisotopic (exact) mass is 365 g/mol. The van der Waals surface area contributed by atoms with Crippen molar-refractivity contribution in [2.24, 2.45) is 0 Å². The van der Waals surface area contributed by atoms with Gasteiger partial charge in [-0.25, -0.2) is 13.8 Å². The molecule has 1 aliphatic heterocycles. The number of piperidine rings is 1. The van der Waals surface area contributed by atoms with Crippen molar-refractivity contribution in [3.63, 3.8) is 0 Å². The van der Waals surface area contributed by atoms with Crippen LogP contribution in [0.3, 0.4) is 0 Å². The number of aromatic amines is 1. The van der Waals surface area contributed by atoms with E-state index in [0.717, 1.165) is 37.9 Å². The summed E-state index contributed by atoms with van der Waals surface area (Å²) in [6.07, 6.45) is 6.40. The first-order chi connectivity index (χ1) is 12.0. The molecule has 4 nitrogen and oxygen atoms in total. The molecule has 1 aromatic heterocycles. The van der Waals surface area contributed by atoms with Crippen molar-refractivity contribution in [3.05, 3.63) is 41.9 Å². The number of H-pyrrole nitrogens is 1. The fraction of sp³-hybridized carbons (Fsp3) is 0.444. The Kier molecular flexibility index (Phi) is 5.42. The van der Waals surface area contributed by atoms with E-state index in [0.29, 0.717) is 17.1 Å². The molecule has 1 amide bonds. The Morgan fingerprint density at radius 3 is 2.88 bits per heavy atom. The molecule has 1 aliphatic rings. The van der Waals surface area contributed by atoms with Gasteiger partial charge in [-0.3, -0.25) is 4.79 Å². The van der Waals surface area contributed by atoms with Crippen LogP contribution in [0.5, 0.6) is 0 Å². The van der Waals surface area contributed by atoms with E-state index >= 15 is 0 Å². The van der Waals surface area contributed by atoms with Gasteiger partial charge in [0.05, 0.1) is 23.2 Å². The Bertz CT molecular complexity index is 765. The zero-order valence-corrected chi connectivity index (χ0v) is 15.1. The topological polar surface area (TPSA) is 49.0 Å². The number of halogens is 2. The maximum absolute atomic E-state index is 13.5. The molecule has 2 atom stereocenters. The summed E-state index contributed by atoms with van der Waals surface area (Å²) in [7, 11) is 0. The van der Waals surface area contributed by atoms with Crippen LogP contribution in [0.25, 0.3) is 11.3 Å². The quantitative estimate of drug-likeness (QED) is 0.885. The number of hydrogen-bond acceptors (Lipinski definition) is 3. The molecule has 1 N–H and O–H groups in total. The van der Waals surface area contributed by atoms with Crippen LogP contribution < -0.4 is 0 Å². The average Bonchev–Trinajstić information content (AvgIpc) is 3.12. The first-order valence-electron chi connectivity index (χ1n) is 8.35. The smallest absolute Gasteiger partial charge is 0.236 e. The van der Waals surface area contributed by atoms with Gasteiger partial charge < -0.3 is 9.88 Å². The highest BCUT2D eigenvalue weighted by Crippen LogP contribution is 2.32. The van der Waals surface area contributed by atoms with Crippen LogP contribution in [0.2, 0.25) is 0 Å². The summed E-state index contributed by atoms with van der Waals surface area (Å²) in [5.74, 6) is -0.959. The number of benzene rings is 1. The molecule has 2 heterocycles. The molecule has 0 radical (unpaired) electrons. The number of carbonyl (C=O) groups excluding carboxylic acids is 1. The van der Waals surface area contributed by atoms with Gasteiger partial charge in [0.2, 0.25) is 5.91 Å². The SMILES string of the molecule is CSC(C)C(=O)N1CCCCC1c1ncc(-c2ccc(F)c(F)c2)[nH]1. The van der Waals surface area contributed by atoms with Crippen LogP contribution in [-0.2, 0) is 4.79 Å². The Morgan fingerprint density at radius 2 is 2.16 bits per heavy atom. The van der Waals surface area contributed by atoms with Gasteiger partial charge in [-0.1, -0.05) is 0 Å². The molecule has 0 saturated carbocycles. The van der Waals surface area contributed by atoms with Crippen molar-refractivity contribution < 1.29 is 13.6 Å². The van der Waals surface area contributed by atoms with Crippen molar-refractivity contribution in [3.8, 4) is 11.3 Å². The van der Waals surface area contributed by atoms with Crippen molar-refractivity contribution in [1.82, 2.24) is 14.9 Å². The molecule has 0 aliphatic carbocycles. The number of hydrogen-bond donors (Lipinski definition) is 1. The van der Waals surface area contributed by atoms with E-state index < -0.39 is 11.6 Å². The predicted molar refractivity (Wildman–Crippen MR) is 95.2 cm³/mol. The van der Waals surface area contributed by atoms with Crippen LogP contribution in [0.4, 0.5) is 8.78 Å². The lowest BCUT2D eigenvalue weighted by molar-refractivity contribution is -0.134. The van der Waals surface area contributed by atoms with E-state index in [2.05, 4.69) is 9.97 Å². The number of imidazole rings is 1. The third kappa shape index (κ3) is 3.71. The first-order valence-corrected chi connectivity index (χ1v) is 9.63. The normalized spacial score (nSPS) is 19.0. The van der Waals surface area contributed by atoms with Crippen molar-refractivity contribution >= 4 is 17.7 Å². The van der Waals surface area contributed by atoms with Gasteiger partial charge in [0.15, 0.2) is 11.6 Å². The third-order valence-corrected chi connectivity index (χ3v) is 5.54. The van der Waals surface area contributed by atoms with Gasteiger partial charge >= 0.3 is 0 Å². The molecule has 134 valence electrons. The molecule has 25 heavy (non-hydrogen) atoms. The second-order valence-corrected chi connectivity index (χ2v) is 7.41. The molecule has 7 heteroatoms. The van der Waals surface area contributed by atoms with Crippen LogP contribution in [0.15, 0.2) is 24.4 Å². The molecule has 0 spiro atoms. The van der Waals surface area contributed by atoms with Gasteiger partial charge in [0.1, 0.15) is 5.82 Å². The van der Waals surface area contributed by atoms with E-state index in [1.54, 1.807) is 6.20 Å². The highest BCUT2D eigenvalue weighted by Gasteiger charge is 2.32. The minimum Gasteiger partial charge on any atom is -0.340 e. The fourth-order valence-corrected chi connectivity index (χ4v) is 3.47. The van der Waals surface area contributed by atoms with Gasteiger partial charge in [-0.15, -0.1) is 0 Å². The van der Waals surface area contributed by atoms with E-state index in [4.69, 9.17) is 0 Å². The fourth-order valence-electron chi connectivity index (χ4n) is 3.13. The number of thioether (sulfide) groups is 1. The van der Waals surface area contributed by atoms with Crippen LogP contribution >= 0.6 is 11.8 Å². The van der Waals surface area contributed by atoms with Gasteiger partial charge in [-0.05, 0) is 50.6 Å². The predicted octanol–water partition coefficient (Wildman–Crippen LogP) is 4.16. The van der Waals surface area contributed by atoms with Gasteiger partial charge in [0.25, 0.3) is 0 Å². The minimum absolute atomic E-state index is 0.0961. The van der Waals surface area contributed by atoms with Gasteiger partial charge in [0, 0.05) is 12.1 Å². The molecule has 3 rings (SSSR count). The number of carbonyl (C=O) groups is 1. The Balaban J connectivity index is 1.86. The Labute approximate surface area is 150 Å². The number of nitrogens with zero attached hydrogens (tertiary/aromatic N) is 2. The lowest BCUT2D eigenvalue weighted by Crippen LogP contribution is -2.42. The highest BCUT2D eigenvalue weighted by molar-refractivity contribution is 7.99. The minimum atomic E-state index is -0.892. The number of aromatic nitrogens is 2. The van der Waals surface area contributed by atoms with Crippen LogP contribution in [-0.4, -0.2) is 38.8 Å². The van der Waals surface area contributed by atoms with E-state index in [1.165, 1.54) is 17.8 Å². The summed E-state index contributed by atoms with van der Waals surface area (Å²) in [6.45, 7) is 2.63. The van der Waals surface area contributed by atoms with Gasteiger partial charge in [-0.2, -0.15) is 11.8 Å².